The van der Waals surface area contributed by atoms with Crippen LogP contribution in [0.1, 0.15) is 34.5 Å². The van der Waals surface area contributed by atoms with Crippen LogP contribution in [0.15, 0.2) is 53.4 Å². The Labute approximate surface area is 180 Å². The molecular weight excluding hydrogens is 398 g/mol. The zero-order chi connectivity index (χ0) is 20.8. The Balaban J connectivity index is 1.41. The van der Waals surface area contributed by atoms with Gasteiger partial charge in [-0.1, -0.05) is 18.2 Å². The number of hydrogen-bond donors (Lipinski definition) is 1. The number of carbonyl (C=O) groups is 1. The molecule has 2 aromatic carbocycles. The van der Waals surface area contributed by atoms with Crippen molar-refractivity contribution >= 4 is 22.9 Å². The maximum atomic E-state index is 12.7. The summed E-state index contributed by atoms with van der Waals surface area (Å²) in [6.45, 7) is 2.99. The van der Waals surface area contributed by atoms with Crippen LogP contribution >= 0.6 is 11.3 Å². The molecule has 1 saturated heterocycles. The molecule has 30 heavy (non-hydrogen) atoms. The fraction of sp³-hybridized carbons (Fsp3) is 0.304. The van der Waals surface area contributed by atoms with Gasteiger partial charge in [-0.25, -0.2) is 4.98 Å². The fourth-order valence-corrected chi connectivity index (χ4v) is 4.14. The second-order valence-electron chi connectivity index (χ2n) is 7.14. The molecule has 1 aliphatic rings. The average molecular weight is 424 g/mol. The van der Waals surface area contributed by atoms with Gasteiger partial charge in [0, 0.05) is 36.3 Å². The second kappa shape index (κ2) is 9.63. The number of carbonyl (C=O) groups excluding carboxylic acids is 1. The van der Waals surface area contributed by atoms with Crippen LogP contribution in [-0.2, 0) is 13.2 Å². The van der Waals surface area contributed by atoms with Gasteiger partial charge in [0.05, 0.1) is 18.3 Å². The molecule has 0 atom stereocenters. The number of anilines is 1. The fourth-order valence-electron chi connectivity index (χ4n) is 3.59. The van der Waals surface area contributed by atoms with E-state index in [4.69, 9.17) is 9.47 Å². The van der Waals surface area contributed by atoms with Gasteiger partial charge in [-0.15, -0.1) is 11.3 Å². The van der Waals surface area contributed by atoms with Crippen molar-refractivity contribution in [3.8, 4) is 11.5 Å². The third-order valence-corrected chi connectivity index (χ3v) is 5.80. The van der Waals surface area contributed by atoms with Gasteiger partial charge in [-0.3, -0.25) is 4.79 Å². The number of ether oxygens (including phenoxy) is 2. The highest BCUT2D eigenvalue weighted by Gasteiger charge is 2.16. The lowest BCUT2D eigenvalue weighted by Crippen LogP contribution is -2.25. The van der Waals surface area contributed by atoms with Crippen LogP contribution in [-0.4, -0.2) is 31.1 Å². The summed E-state index contributed by atoms with van der Waals surface area (Å²) in [7, 11) is 1.57. The number of rotatable bonds is 8. The largest absolute Gasteiger partial charge is 0.493 e. The van der Waals surface area contributed by atoms with E-state index < -0.39 is 0 Å². The molecule has 7 heteroatoms. The summed E-state index contributed by atoms with van der Waals surface area (Å²) >= 11 is 1.53. The molecule has 1 aliphatic heterocycles. The lowest BCUT2D eigenvalue weighted by molar-refractivity contribution is 0.0950. The molecule has 0 saturated carbocycles. The number of methoxy groups -OCH3 is 1. The standard InChI is InChI=1S/C23H25N3O3S/c1-28-22-12-17(8-9-21(22)29-14-19-15-30-16-25-19)23(27)24-13-18-6-2-3-7-20(18)26-10-4-5-11-26/h2-3,6-9,12,15-16H,4-5,10-11,13-14H2,1H3,(H,24,27). The third kappa shape index (κ3) is 4.74. The third-order valence-electron chi connectivity index (χ3n) is 5.16. The zero-order valence-corrected chi connectivity index (χ0v) is 17.8. The molecule has 1 N–H and O–H groups in total. The van der Waals surface area contributed by atoms with Gasteiger partial charge in [0.25, 0.3) is 5.91 Å². The number of thiazole rings is 1. The summed E-state index contributed by atoms with van der Waals surface area (Å²) in [6, 6.07) is 13.5. The molecule has 1 aromatic heterocycles. The van der Waals surface area contributed by atoms with Crippen molar-refractivity contribution < 1.29 is 14.3 Å². The topological polar surface area (TPSA) is 63.7 Å². The number of aromatic nitrogens is 1. The van der Waals surface area contributed by atoms with E-state index in [-0.39, 0.29) is 5.91 Å². The first-order valence-electron chi connectivity index (χ1n) is 10.0. The summed E-state index contributed by atoms with van der Waals surface area (Å²) in [4.78, 5) is 19.3. The predicted molar refractivity (Wildman–Crippen MR) is 118 cm³/mol. The first-order valence-corrected chi connectivity index (χ1v) is 11.0. The molecule has 0 spiro atoms. The number of para-hydroxylation sites is 1. The van der Waals surface area contributed by atoms with Gasteiger partial charge in [0.2, 0.25) is 0 Å². The van der Waals surface area contributed by atoms with Gasteiger partial charge in [0.1, 0.15) is 6.61 Å². The Morgan fingerprint density at radius 1 is 1.17 bits per heavy atom. The van der Waals surface area contributed by atoms with Gasteiger partial charge in [-0.05, 0) is 42.7 Å². The maximum Gasteiger partial charge on any atom is 0.251 e. The lowest BCUT2D eigenvalue weighted by atomic mass is 10.1. The molecule has 3 aromatic rings. The van der Waals surface area contributed by atoms with Gasteiger partial charge in [-0.2, -0.15) is 0 Å². The van der Waals surface area contributed by atoms with Crippen molar-refractivity contribution in [2.45, 2.75) is 26.0 Å². The minimum Gasteiger partial charge on any atom is -0.493 e. The van der Waals surface area contributed by atoms with E-state index in [1.807, 2.05) is 17.5 Å². The Morgan fingerprint density at radius 2 is 2.00 bits per heavy atom. The summed E-state index contributed by atoms with van der Waals surface area (Å²) in [5, 5.41) is 4.97. The van der Waals surface area contributed by atoms with Crippen LogP contribution in [0.25, 0.3) is 0 Å². The highest BCUT2D eigenvalue weighted by atomic mass is 32.1. The smallest absolute Gasteiger partial charge is 0.251 e. The van der Waals surface area contributed by atoms with Gasteiger partial charge < -0.3 is 19.7 Å². The van der Waals surface area contributed by atoms with Crippen molar-refractivity contribution in [1.29, 1.82) is 0 Å². The van der Waals surface area contributed by atoms with Crippen LogP contribution in [0.5, 0.6) is 11.5 Å². The quantitative estimate of drug-likeness (QED) is 0.587. The number of amides is 1. The average Bonchev–Trinajstić information content (AvgIpc) is 3.50. The normalized spacial score (nSPS) is 13.3. The summed E-state index contributed by atoms with van der Waals surface area (Å²) in [6.07, 6.45) is 2.44. The van der Waals surface area contributed by atoms with Crippen LogP contribution in [0.2, 0.25) is 0 Å². The first-order chi connectivity index (χ1) is 14.7. The highest BCUT2D eigenvalue weighted by Crippen LogP contribution is 2.29. The van der Waals surface area contributed by atoms with E-state index in [1.165, 1.54) is 29.9 Å². The van der Waals surface area contributed by atoms with E-state index in [1.54, 1.807) is 30.8 Å². The molecule has 1 amide bonds. The number of hydrogen-bond acceptors (Lipinski definition) is 6. The zero-order valence-electron chi connectivity index (χ0n) is 17.0. The molecule has 0 bridgehead atoms. The van der Waals surface area contributed by atoms with Gasteiger partial charge >= 0.3 is 0 Å². The molecule has 6 nitrogen and oxygen atoms in total. The van der Waals surface area contributed by atoms with Crippen LogP contribution in [0.3, 0.4) is 0 Å². The molecule has 2 heterocycles. The van der Waals surface area contributed by atoms with Crippen molar-refractivity contribution in [2.75, 3.05) is 25.1 Å². The molecule has 0 unspecified atom stereocenters. The SMILES string of the molecule is COc1cc(C(=O)NCc2ccccc2N2CCCC2)ccc1OCc1cscn1. The monoisotopic (exact) mass is 423 g/mol. The number of nitrogens with one attached hydrogen (secondary N) is 1. The second-order valence-corrected chi connectivity index (χ2v) is 7.86. The summed E-state index contributed by atoms with van der Waals surface area (Å²) in [5.41, 5.74) is 5.50. The van der Waals surface area contributed by atoms with Crippen molar-refractivity contribution in [1.82, 2.24) is 10.3 Å². The van der Waals surface area contributed by atoms with Crippen LogP contribution in [0.4, 0.5) is 5.69 Å². The highest BCUT2D eigenvalue weighted by molar-refractivity contribution is 7.07. The maximum absolute atomic E-state index is 12.7. The Hall–Kier alpha value is -3.06. The first kappa shape index (κ1) is 20.2. The Morgan fingerprint density at radius 3 is 2.77 bits per heavy atom. The van der Waals surface area contributed by atoms with E-state index >= 15 is 0 Å². The summed E-state index contributed by atoms with van der Waals surface area (Å²) < 4.78 is 11.2. The molecule has 0 radical (unpaired) electrons. The lowest BCUT2D eigenvalue weighted by Gasteiger charge is -2.21. The number of nitrogens with zero attached hydrogens (tertiary/aromatic N) is 2. The number of benzene rings is 2. The minimum absolute atomic E-state index is 0.143. The van der Waals surface area contributed by atoms with Crippen LogP contribution < -0.4 is 19.7 Å². The Kier molecular flexibility index (Phi) is 6.49. The minimum atomic E-state index is -0.143. The van der Waals surface area contributed by atoms with Crippen molar-refractivity contribution in [3.05, 3.63) is 70.2 Å². The van der Waals surface area contributed by atoms with E-state index in [0.717, 1.165) is 24.3 Å². The van der Waals surface area contributed by atoms with Crippen LogP contribution in [0, 0.1) is 0 Å². The Bertz CT molecular complexity index is 985. The molecule has 156 valence electrons. The molecule has 0 aliphatic carbocycles. The van der Waals surface area contributed by atoms with Crippen molar-refractivity contribution in [3.63, 3.8) is 0 Å². The van der Waals surface area contributed by atoms with E-state index in [0.29, 0.717) is 30.2 Å². The molecular formula is C23H25N3O3S. The van der Waals surface area contributed by atoms with E-state index in [2.05, 4.69) is 27.3 Å². The predicted octanol–water partition coefficient (Wildman–Crippen LogP) is 4.26. The van der Waals surface area contributed by atoms with E-state index in [9.17, 15) is 4.79 Å². The molecule has 1 fully saturated rings. The van der Waals surface area contributed by atoms with Crippen molar-refractivity contribution in [2.24, 2.45) is 0 Å². The summed E-state index contributed by atoms with van der Waals surface area (Å²) in [5.74, 6) is 0.965. The van der Waals surface area contributed by atoms with Gasteiger partial charge in [0.15, 0.2) is 11.5 Å². The molecule has 4 rings (SSSR count).